The van der Waals surface area contributed by atoms with Gasteiger partial charge in [0.2, 0.25) is 0 Å². The highest BCUT2D eigenvalue weighted by atomic mass is 16.5. The number of allylic oxidation sites excluding steroid dienone is 1. The molecule has 0 aliphatic carbocycles. The van der Waals surface area contributed by atoms with Crippen molar-refractivity contribution in [2.75, 3.05) is 25.5 Å². The van der Waals surface area contributed by atoms with E-state index in [-0.39, 0.29) is 5.57 Å². The van der Waals surface area contributed by atoms with E-state index < -0.39 is 11.5 Å². The third-order valence-electron chi connectivity index (χ3n) is 5.47. The standard InChI is InChI=1S/C17H22N4O2.C8H18O/c1-4-23-13-6-5-11-7-12(9-21-14(11)8-13)16(20-3)15(10(2)18)17(19)22;1-5-6-7(2)8(3,4)9/h5-8,21H,4,9,18H2,1-3H3,(H2,19,22);7,9H,5-6H2,1-4H3/b15-10-,20-16?;. The second-order valence-corrected chi connectivity index (χ2v) is 8.54. The van der Waals surface area contributed by atoms with Crippen LogP contribution in [0.3, 0.4) is 0 Å². The number of ether oxygens (including phenoxy) is 1. The van der Waals surface area contributed by atoms with E-state index in [4.69, 9.17) is 16.2 Å². The van der Waals surface area contributed by atoms with E-state index in [9.17, 15) is 9.90 Å². The number of hydrogen-bond acceptors (Lipinski definition) is 6. The molecule has 178 valence electrons. The van der Waals surface area contributed by atoms with Crippen LogP contribution in [0.1, 0.15) is 59.9 Å². The van der Waals surface area contributed by atoms with Gasteiger partial charge in [0, 0.05) is 31.0 Å². The highest BCUT2D eigenvalue weighted by molar-refractivity contribution is 6.29. The number of carbonyl (C=O) groups excluding carboxylic acids is 1. The van der Waals surface area contributed by atoms with Gasteiger partial charge in [0.25, 0.3) is 5.91 Å². The lowest BCUT2D eigenvalue weighted by Gasteiger charge is -2.25. The van der Waals surface area contributed by atoms with Gasteiger partial charge in [-0.15, -0.1) is 0 Å². The fraction of sp³-hybridized carbons (Fsp3) is 0.520. The lowest BCUT2D eigenvalue weighted by molar-refractivity contribution is -0.114. The Morgan fingerprint density at radius 3 is 2.41 bits per heavy atom. The predicted octanol–water partition coefficient (Wildman–Crippen LogP) is 3.88. The summed E-state index contributed by atoms with van der Waals surface area (Å²) in [7, 11) is 1.62. The largest absolute Gasteiger partial charge is 0.494 e. The lowest BCUT2D eigenvalue weighted by atomic mass is 9.89. The summed E-state index contributed by atoms with van der Waals surface area (Å²) in [4.78, 5) is 15.9. The quantitative estimate of drug-likeness (QED) is 0.358. The number of fused-ring (bicyclic) bond motifs is 1. The maximum absolute atomic E-state index is 11.7. The minimum atomic E-state index is -0.580. The molecule has 0 saturated heterocycles. The molecule has 6 N–H and O–H groups in total. The van der Waals surface area contributed by atoms with E-state index in [1.165, 1.54) is 0 Å². The molecule has 1 atom stereocenters. The van der Waals surface area contributed by atoms with E-state index in [1.54, 1.807) is 14.0 Å². The number of hydrogen-bond donors (Lipinski definition) is 4. The SMILES string of the molecule is CCCC(C)C(C)(C)O.CCOc1ccc2c(c1)NCC(C(=NC)/C(C(N)=O)=C(\C)N)=C2. The minimum Gasteiger partial charge on any atom is -0.494 e. The maximum Gasteiger partial charge on any atom is 0.252 e. The zero-order chi connectivity index (χ0) is 24.5. The molecule has 0 saturated carbocycles. The van der Waals surface area contributed by atoms with E-state index in [1.807, 2.05) is 45.0 Å². The van der Waals surface area contributed by atoms with Crippen LogP contribution in [0.2, 0.25) is 0 Å². The van der Waals surface area contributed by atoms with Crippen LogP contribution in [0, 0.1) is 5.92 Å². The number of aliphatic imine (C=N–C) groups is 1. The molecule has 2 rings (SSSR count). The third-order valence-corrected chi connectivity index (χ3v) is 5.47. The van der Waals surface area contributed by atoms with Gasteiger partial charge >= 0.3 is 0 Å². The van der Waals surface area contributed by atoms with Crippen LogP contribution in [-0.2, 0) is 4.79 Å². The number of nitrogens with one attached hydrogen (secondary N) is 1. The first kappa shape index (κ1) is 27.2. The van der Waals surface area contributed by atoms with Gasteiger partial charge in [-0.1, -0.05) is 20.3 Å². The zero-order valence-electron chi connectivity index (χ0n) is 20.6. The first-order valence-electron chi connectivity index (χ1n) is 11.1. The molecular weight excluding hydrogens is 404 g/mol. The van der Waals surface area contributed by atoms with E-state index in [0.717, 1.165) is 35.4 Å². The van der Waals surface area contributed by atoms with Gasteiger partial charge in [0.1, 0.15) is 5.75 Å². The number of nitrogens with two attached hydrogens (primary N) is 2. The van der Waals surface area contributed by atoms with E-state index in [0.29, 0.717) is 30.5 Å². The number of rotatable bonds is 8. The minimum absolute atomic E-state index is 0.259. The van der Waals surface area contributed by atoms with Crippen LogP contribution in [0.25, 0.3) is 6.08 Å². The summed E-state index contributed by atoms with van der Waals surface area (Å²) >= 11 is 0. The average molecular weight is 445 g/mol. The molecule has 1 amide bonds. The maximum atomic E-state index is 11.7. The van der Waals surface area contributed by atoms with Crippen LogP contribution in [0.4, 0.5) is 5.69 Å². The Balaban J connectivity index is 0.000000482. The molecule has 1 unspecified atom stereocenters. The molecule has 1 aliphatic rings. The number of aliphatic hydroxyl groups is 1. The van der Waals surface area contributed by atoms with Crippen LogP contribution < -0.4 is 21.5 Å². The Labute approximate surface area is 192 Å². The Bertz CT molecular complexity index is 876. The Morgan fingerprint density at radius 1 is 1.31 bits per heavy atom. The van der Waals surface area contributed by atoms with Crippen molar-refractivity contribution in [3.8, 4) is 5.75 Å². The van der Waals surface area contributed by atoms with Gasteiger partial charge in [-0.05, 0) is 69.4 Å². The van der Waals surface area contributed by atoms with Crippen molar-refractivity contribution >= 4 is 23.4 Å². The smallest absolute Gasteiger partial charge is 0.252 e. The highest BCUT2D eigenvalue weighted by Crippen LogP contribution is 2.29. The summed E-state index contributed by atoms with van der Waals surface area (Å²) in [6, 6.07) is 5.82. The number of benzene rings is 1. The second kappa shape index (κ2) is 12.3. The third kappa shape index (κ3) is 7.71. The molecule has 0 fully saturated rings. The molecular formula is C25H40N4O3. The summed E-state index contributed by atoms with van der Waals surface area (Å²) in [5.41, 5.74) is 14.7. The molecule has 7 nitrogen and oxygen atoms in total. The van der Waals surface area contributed by atoms with Gasteiger partial charge in [0.05, 0.1) is 23.5 Å². The first-order valence-corrected chi connectivity index (χ1v) is 11.1. The topological polar surface area (TPSA) is 123 Å². The van der Waals surface area contributed by atoms with E-state index in [2.05, 4.69) is 24.2 Å². The van der Waals surface area contributed by atoms with Crippen LogP contribution >= 0.6 is 0 Å². The number of carbonyl (C=O) groups is 1. The van der Waals surface area contributed by atoms with Gasteiger partial charge in [0.15, 0.2) is 0 Å². The van der Waals surface area contributed by atoms with Crippen molar-refractivity contribution in [1.82, 2.24) is 0 Å². The van der Waals surface area contributed by atoms with Gasteiger partial charge in [-0.25, -0.2) is 0 Å². The Kier molecular flexibility index (Phi) is 10.5. The molecule has 7 heteroatoms. The molecule has 32 heavy (non-hydrogen) atoms. The lowest BCUT2D eigenvalue weighted by Crippen LogP contribution is -2.28. The first-order chi connectivity index (χ1) is 15.0. The van der Waals surface area contributed by atoms with Crippen LogP contribution in [-0.4, -0.2) is 42.5 Å². The highest BCUT2D eigenvalue weighted by Gasteiger charge is 2.22. The van der Waals surface area contributed by atoms with Crippen molar-refractivity contribution in [3.63, 3.8) is 0 Å². The Morgan fingerprint density at radius 2 is 1.97 bits per heavy atom. The van der Waals surface area contributed by atoms with Gasteiger partial charge < -0.3 is 26.6 Å². The molecule has 1 aliphatic heterocycles. The zero-order valence-corrected chi connectivity index (χ0v) is 20.6. The summed E-state index contributed by atoms with van der Waals surface area (Å²) in [6.07, 6.45) is 4.25. The summed E-state index contributed by atoms with van der Waals surface area (Å²) in [6.45, 7) is 12.7. The summed E-state index contributed by atoms with van der Waals surface area (Å²) in [5.74, 6) is 0.655. The Hall–Kier alpha value is -2.80. The molecule has 1 heterocycles. The molecule has 0 bridgehead atoms. The fourth-order valence-corrected chi connectivity index (χ4v) is 3.35. The van der Waals surface area contributed by atoms with Gasteiger partial charge in [-0.2, -0.15) is 0 Å². The molecule has 0 radical (unpaired) electrons. The number of anilines is 1. The molecule has 0 spiro atoms. The average Bonchev–Trinajstić information content (AvgIpc) is 2.71. The fourth-order valence-electron chi connectivity index (χ4n) is 3.35. The predicted molar refractivity (Wildman–Crippen MR) is 134 cm³/mol. The number of primary amides is 1. The van der Waals surface area contributed by atoms with Crippen molar-refractivity contribution < 1.29 is 14.6 Å². The van der Waals surface area contributed by atoms with Crippen molar-refractivity contribution in [2.24, 2.45) is 22.4 Å². The van der Waals surface area contributed by atoms with E-state index >= 15 is 0 Å². The van der Waals surface area contributed by atoms with Crippen molar-refractivity contribution in [1.29, 1.82) is 0 Å². The summed E-state index contributed by atoms with van der Waals surface area (Å²) in [5, 5.41) is 12.7. The monoisotopic (exact) mass is 444 g/mol. The number of amides is 1. The molecule has 1 aromatic rings. The van der Waals surface area contributed by atoms with Crippen molar-refractivity contribution in [3.05, 3.63) is 40.6 Å². The van der Waals surface area contributed by atoms with Crippen molar-refractivity contribution in [2.45, 2.75) is 60.0 Å². The van der Waals surface area contributed by atoms with Crippen LogP contribution in [0.15, 0.2) is 40.0 Å². The van der Waals surface area contributed by atoms with Gasteiger partial charge in [-0.3, -0.25) is 9.79 Å². The summed E-state index contributed by atoms with van der Waals surface area (Å²) < 4.78 is 5.50. The molecule has 0 aromatic heterocycles. The number of nitrogens with zero attached hydrogens (tertiary/aromatic N) is 1. The second-order valence-electron chi connectivity index (χ2n) is 8.54. The normalized spacial score (nSPS) is 15.2. The molecule has 1 aromatic carbocycles. The van der Waals surface area contributed by atoms with Crippen LogP contribution in [0.5, 0.6) is 5.75 Å².